The van der Waals surface area contributed by atoms with Crippen LogP contribution >= 0.6 is 0 Å². The number of carboxylic acid groups (broad SMARTS) is 5. The zero-order valence-electron chi connectivity index (χ0n) is 25.2. The van der Waals surface area contributed by atoms with Crippen molar-refractivity contribution in [2.45, 2.75) is 24.9 Å². The van der Waals surface area contributed by atoms with Gasteiger partial charge in [0.15, 0.2) is 0 Å². The van der Waals surface area contributed by atoms with Gasteiger partial charge < -0.3 is 59.5 Å². The van der Waals surface area contributed by atoms with Crippen LogP contribution in [0.15, 0.2) is 60.9 Å². The van der Waals surface area contributed by atoms with Gasteiger partial charge in [0.05, 0.1) is 41.9 Å². The second-order valence-corrected chi connectivity index (χ2v) is 11.1. The standard InChI is InChI=1S/C32H37N5O10/c38-28(39)17-35(9-11-36(18-29(40)41)26(31(44)45)13-20-15-33-24-7-3-1-5-22(20)24)10-12-37(19-30(42)43)27(32(46)47)14-21-16-34-25-8-4-2-6-23(21)25/h1-8,15-16,26-27,33-34H,9-14,17-19H2,(H,38,39)(H,40,41)(H,42,43)(H,44,45)(H,46,47)/p-5. The fourth-order valence-corrected chi connectivity index (χ4v) is 5.75. The average Bonchev–Trinajstić information content (AvgIpc) is 3.61. The largest absolute Gasteiger partial charge is 0.549 e. The Kier molecular flexibility index (Phi) is 11.7. The first-order valence-corrected chi connectivity index (χ1v) is 14.7. The highest BCUT2D eigenvalue weighted by molar-refractivity contribution is 5.85. The number of hydrogen-bond donors (Lipinski definition) is 2. The van der Waals surface area contributed by atoms with E-state index >= 15 is 0 Å². The smallest absolute Gasteiger partial charge is 0.0590 e. The van der Waals surface area contributed by atoms with Crippen molar-refractivity contribution in [3.63, 3.8) is 0 Å². The Morgan fingerprint density at radius 3 is 1.30 bits per heavy atom. The Morgan fingerprint density at radius 2 is 0.936 bits per heavy atom. The number of carbonyl (C=O) groups is 5. The Labute approximate surface area is 268 Å². The summed E-state index contributed by atoms with van der Waals surface area (Å²) in [5, 5.41) is 60.8. The number of aromatic nitrogens is 2. The second kappa shape index (κ2) is 15.8. The van der Waals surface area contributed by atoms with E-state index in [1.807, 2.05) is 0 Å². The highest BCUT2D eigenvalue weighted by atomic mass is 16.4. The quantitative estimate of drug-likeness (QED) is 0.0914. The number of hydrogen-bond acceptors (Lipinski definition) is 13. The molecule has 2 unspecified atom stereocenters. The van der Waals surface area contributed by atoms with Gasteiger partial charge in [-0.25, -0.2) is 0 Å². The molecule has 4 rings (SSSR count). The Balaban J connectivity index is 1.51. The molecule has 0 aliphatic rings. The third-order valence-electron chi connectivity index (χ3n) is 8.03. The van der Waals surface area contributed by atoms with Gasteiger partial charge in [-0.3, -0.25) is 14.7 Å². The predicted molar refractivity (Wildman–Crippen MR) is 156 cm³/mol. The molecular weight excluding hydrogens is 614 g/mol. The molecule has 0 bridgehead atoms. The van der Waals surface area contributed by atoms with Gasteiger partial charge in [0.2, 0.25) is 0 Å². The molecule has 0 fully saturated rings. The summed E-state index contributed by atoms with van der Waals surface area (Å²) in [6.45, 7) is -3.30. The number of benzene rings is 2. The first-order valence-electron chi connectivity index (χ1n) is 14.7. The van der Waals surface area contributed by atoms with Crippen molar-refractivity contribution < 1.29 is 49.5 Å². The minimum absolute atomic E-state index is 0.138. The summed E-state index contributed by atoms with van der Waals surface area (Å²) in [5.41, 5.74) is 2.66. The van der Waals surface area contributed by atoms with Crippen LogP contribution in [-0.4, -0.2) is 112 Å². The third kappa shape index (κ3) is 9.38. The minimum atomic E-state index is -1.57. The van der Waals surface area contributed by atoms with Crippen LogP contribution in [-0.2, 0) is 36.8 Å². The Bertz CT molecular complexity index is 1620. The second-order valence-electron chi connectivity index (χ2n) is 11.1. The SMILES string of the molecule is O=C([O-])CN(CCN(CC(=O)[O-])C(Cc1c[nH]c2ccccc12)C(=O)[O-])CCN(CC(=O)[O-])C(Cc1c[nH]c2ccccc12)C(=O)[O-]. The van der Waals surface area contributed by atoms with Crippen LogP contribution < -0.4 is 25.5 Å². The molecule has 0 aliphatic carbocycles. The molecule has 0 saturated heterocycles. The van der Waals surface area contributed by atoms with Gasteiger partial charge in [0.1, 0.15) is 0 Å². The first-order chi connectivity index (χ1) is 22.4. The van der Waals surface area contributed by atoms with Crippen molar-refractivity contribution in [2.24, 2.45) is 0 Å². The lowest BCUT2D eigenvalue weighted by molar-refractivity contribution is -0.317. The molecule has 15 nitrogen and oxygen atoms in total. The van der Waals surface area contributed by atoms with Crippen LogP contribution in [0.2, 0.25) is 0 Å². The lowest BCUT2D eigenvalue weighted by Crippen LogP contribution is -2.56. The molecule has 0 spiro atoms. The molecule has 250 valence electrons. The molecule has 2 aromatic heterocycles. The van der Waals surface area contributed by atoms with E-state index < -0.39 is 61.6 Å². The topological polar surface area (TPSA) is 242 Å². The van der Waals surface area contributed by atoms with E-state index in [1.54, 1.807) is 60.9 Å². The first kappa shape index (κ1) is 34.6. The van der Waals surface area contributed by atoms with Crippen LogP contribution in [0.4, 0.5) is 0 Å². The molecule has 15 heteroatoms. The molecule has 2 aromatic carbocycles. The van der Waals surface area contributed by atoms with E-state index in [9.17, 15) is 49.5 Å². The Hall–Kier alpha value is -5.25. The molecule has 0 radical (unpaired) electrons. The lowest BCUT2D eigenvalue weighted by Gasteiger charge is -2.36. The van der Waals surface area contributed by atoms with Crippen molar-refractivity contribution in [2.75, 3.05) is 45.8 Å². The summed E-state index contributed by atoms with van der Waals surface area (Å²) < 4.78 is 0. The predicted octanol–water partition coefficient (Wildman–Crippen LogP) is -5.17. The van der Waals surface area contributed by atoms with E-state index in [1.165, 1.54) is 4.90 Å². The van der Waals surface area contributed by atoms with E-state index in [0.717, 1.165) is 31.6 Å². The molecule has 2 atom stereocenters. The number of H-pyrrole nitrogens is 2. The summed E-state index contributed by atoms with van der Waals surface area (Å²) in [7, 11) is 0. The monoisotopic (exact) mass is 646 g/mol. The normalized spacial score (nSPS) is 13.0. The van der Waals surface area contributed by atoms with Gasteiger partial charge in [-0.2, -0.15) is 0 Å². The fourth-order valence-electron chi connectivity index (χ4n) is 5.75. The maximum absolute atomic E-state index is 12.2. The number of rotatable bonds is 20. The number of aromatic amines is 2. The zero-order valence-corrected chi connectivity index (χ0v) is 25.2. The third-order valence-corrected chi connectivity index (χ3v) is 8.03. The van der Waals surface area contributed by atoms with Crippen LogP contribution in [0, 0.1) is 0 Å². The highest BCUT2D eigenvalue weighted by Gasteiger charge is 2.25. The summed E-state index contributed by atoms with van der Waals surface area (Å²) in [6.07, 6.45) is 2.94. The van der Waals surface area contributed by atoms with Crippen LogP contribution in [0.1, 0.15) is 11.1 Å². The lowest BCUT2D eigenvalue weighted by atomic mass is 10.0. The summed E-state index contributed by atoms with van der Waals surface area (Å²) >= 11 is 0. The molecule has 0 aliphatic heterocycles. The van der Waals surface area contributed by atoms with Crippen molar-refractivity contribution in [1.82, 2.24) is 24.7 Å². The molecule has 4 aromatic rings. The summed E-state index contributed by atoms with van der Waals surface area (Å²) in [4.78, 5) is 68.8. The average molecular weight is 647 g/mol. The number of nitrogens with one attached hydrogen (secondary N) is 2. The number of carboxylic acids is 5. The summed E-state index contributed by atoms with van der Waals surface area (Å²) in [5.74, 6) is -7.78. The van der Waals surface area contributed by atoms with Crippen molar-refractivity contribution in [3.05, 3.63) is 72.1 Å². The number of nitrogens with zero attached hydrogens (tertiary/aromatic N) is 3. The number of carbonyl (C=O) groups excluding carboxylic acids is 5. The maximum Gasteiger partial charge on any atom is 0.0590 e. The van der Waals surface area contributed by atoms with Crippen molar-refractivity contribution in [1.29, 1.82) is 0 Å². The maximum atomic E-state index is 12.2. The van der Waals surface area contributed by atoms with Crippen LogP contribution in [0.25, 0.3) is 21.8 Å². The number of aliphatic carboxylic acids is 5. The fraction of sp³-hybridized carbons (Fsp3) is 0.344. The number of fused-ring (bicyclic) bond motifs is 2. The van der Waals surface area contributed by atoms with Gasteiger partial charge >= 0.3 is 0 Å². The summed E-state index contributed by atoms with van der Waals surface area (Å²) in [6, 6.07) is 11.4. The van der Waals surface area contributed by atoms with Gasteiger partial charge in [-0.1, -0.05) is 36.4 Å². The molecular formula is C32H32N5O10-5. The molecule has 2 N–H and O–H groups in total. The van der Waals surface area contributed by atoms with E-state index in [2.05, 4.69) is 9.97 Å². The van der Waals surface area contributed by atoms with E-state index in [4.69, 9.17) is 0 Å². The molecule has 0 amide bonds. The van der Waals surface area contributed by atoms with Crippen molar-refractivity contribution >= 4 is 51.7 Å². The molecule has 47 heavy (non-hydrogen) atoms. The van der Waals surface area contributed by atoms with E-state index in [0.29, 0.717) is 11.1 Å². The molecule has 0 saturated carbocycles. The van der Waals surface area contributed by atoms with Gasteiger partial charge in [0.25, 0.3) is 0 Å². The zero-order chi connectivity index (χ0) is 34.1. The van der Waals surface area contributed by atoms with E-state index in [-0.39, 0.29) is 39.0 Å². The molecule has 2 heterocycles. The van der Waals surface area contributed by atoms with Gasteiger partial charge in [0, 0.05) is 80.0 Å². The Morgan fingerprint density at radius 1 is 0.553 bits per heavy atom. The minimum Gasteiger partial charge on any atom is -0.549 e. The van der Waals surface area contributed by atoms with Crippen LogP contribution in [0.5, 0.6) is 0 Å². The van der Waals surface area contributed by atoms with Crippen LogP contribution in [0.3, 0.4) is 0 Å². The highest BCUT2D eigenvalue weighted by Crippen LogP contribution is 2.22. The number of para-hydroxylation sites is 2. The van der Waals surface area contributed by atoms with Gasteiger partial charge in [-0.15, -0.1) is 0 Å². The van der Waals surface area contributed by atoms with Gasteiger partial charge in [-0.05, 0) is 36.1 Å². The van der Waals surface area contributed by atoms with Crippen molar-refractivity contribution in [3.8, 4) is 0 Å².